The van der Waals surface area contributed by atoms with Gasteiger partial charge in [-0.3, -0.25) is 9.58 Å². The second-order valence-corrected chi connectivity index (χ2v) is 6.01. The topological polar surface area (TPSA) is 21.1 Å². The molecule has 1 aliphatic carbocycles. The van der Waals surface area contributed by atoms with Gasteiger partial charge in [0.1, 0.15) is 0 Å². The summed E-state index contributed by atoms with van der Waals surface area (Å²) in [4.78, 5) is 2.64. The Morgan fingerprint density at radius 3 is 2.67 bits per heavy atom. The first-order chi connectivity index (χ1) is 8.67. The smallest absolute Gasteiger partial charge is 0.0739 e. The molecule has 0 radical (unpaired) electrons. The zero-order valence-corrected chi connectivity index (χ0v) is 13.3. The van der Waals surface area contributed by atoms with E-state index in [2.05, 4.69) is 51.4 Å². The van der Waals surface area contributed by atoms with Crippen molar-refractivity contribution in [2.75, 3.05) is 6.54 Å². The van der Waals surface area contributed by atoms with Gasteiger partial charge in [0.25, 0.3) is 0 Å². The van der Waals surface area contributed by atoms with E-state index in [1.807, 2.05) is 0 Å². The van der Waals surface area contributed by atoms with Crippen LogP contribution in [0.5, 0.6) is 0 Å². The van der Waals surface area contributed by atoms with E-state index in [0.717, 1.165) is 24.8 Å². The van der Waals surface area contributed by atoms with Gasteiger partial charge in [0, 0.05) is 19.1 Å². The lowest BCUT2D eigenvalue weighted by molar-refractivity contribution is 0.242. The zero-order chi connectivity index (χ0) is 13.1. The van der Waals surface area contributed by atoms with Crippen LogP contribution in [0.15, 0.2) is 4.47 Å². The lowest BCUT2D eigenvalue weighted by Gasteiger charge is -2.22. The highest BCUT2D eigenvalue weighted by Crippen LogP contribution is 2.31. The van der Waals surface area contributed by atoms with E-state index in [1.165, 1.54) is 42.4 Å². The molecule has 2 rings (SSSR count). The van der Waals surface area contributed by atoms with Crippen LogP contribution in [0.2, 0.25) is 0 Å². The highest BCUT2D eigenvalue weighted by Gasteiger charge is 2.29. The Hall–Kier alpha value is -0.350. The van der Waals surface area contributed by atoms with Crippen molar-refractivity contribution in [1.29, 1.82) is 0 Å². The molecule has 18 heavy (non-hydrogen) atoms. The molecule has 0 atom stereocenters. The predicted octanol–water partition coefficient (Wildman–Crippen LogP) is 3.74. The van der Waals surface area contributed by atoms with Crippen LogP contribution in [0.1, 0.15) is 50.9 Å². The number of nitrogens with zero attached hydrogens (tertiary/aromatic N) is 3. The van der Waals surface area contributed by atoms with Crippen molar-refractivity contribution < 1.29 is 0 Å². The van der Waals surface area contributed by atoms with Crippen LogP contribution < -0.4 is 0 Å². The summed E-state index contributed by atoms with van der Waals surface area (Å²) in [5, 5.41) is 4.58. The van der Waals surface area contributed by atoms with Gasteiger partial charge in [0.15, 0.2) is 0 Å². The summed E-state index contributed by atoms with van der Waals surface area (Å²) >= 11 is 3.70. The fourth-order valence-corrected chi connectivity index (χ4v) is 2.81. The Bertz CT molecular complexity index is 396. The summed E-state index contributed by atoms with van der Waals surface area (Å²) < 4.78 is 3.34. The number of unbranched alkanes of at least 4 members (excludes halogenated alkanes) is 1. The zero-order valence-electron chi connectivity index (χ0n) is 11.7. The molecule has 1 heterocycles. The number of aromatic nitrogens is 2. The number of halogens is 1. The third-order valence-electron chi connectivity index (χ3n) is 3.67. The molecule has 0 saturated heterocycles. The van der Waals surface area contributed by atoms with Crippen molar-refractivity contribution >= 4 is 15.9 Å². The third kappa shape index (κ3) is 3.15. The molecule has 102 valence electrons. The largest absolute Gasteiger partial charge is 0.295 e. The number of rotatable bonds is 7. The molecule has 1 aliphatic rings. The summed E-state index contributed by atoms with van der Waals surface area (Å²) in [5.74, 6) is 0. The summed E-state index contributed by atoms with van der Waals surface area (Å²) in [5.41, 5.74) is 2.45. The Morgan fingerprint density at radius 1 is 1.39 bits per heavy atom. The van der Waals surface area contributed by atoms with Crippen LogP contribution in [-0.2, 0) is 13.1 Å². The first-order valence-electron chi connectivity index (χ1n) is 7.13. The molecule has 0 bridgehead atoms. The molecular formula is C14H24BrN3. The SMILES string of the molecule is CCCCN(Cc1c(Br)c(C)nn1CC)C1CC1. The molecule has 0 amide bonds. The summed E-state index contributed by atoms with van der Waals surface area (Å²) in [6.07, 6.45) is 5.32. The van der Waals surface area contributed by atoms with Crippen LogP contribution in [0.3, 0.4) is 0 Å². The fraction of sp³-hybridized carbons (Fsp3) is 0.786. The molecule has 0 aromatic carbocycles. The summed E-state index contributed by atoms with van der Waals surface area (Å²) in [6, 6.07) is 0.823. The Labute approximate surface area is 119 Å². The third-order valence-corrected chi connectivity index (χ3v) is 4.70. The van der Waals surface area contributed by atoms with Crippen molar-refractivity contribution in [1.82, 2.24) is 14.7 Å². The van der Waals surface area contributed by atoms with Gasteiger partial charge in [-0.1, -0.05) is 13.3 Å². The highest BCUT2D eigenvalue weighted by atomic mass is 79.9. The highest BCUT2D eigenvalue weighted by molar-refractivity contribution is 9.10. The maximum atomic E-state index is 4.58. The van der Waals surface area contributed by atoms with Crippen LogP contribution in [0, 0.1) is 6.92 Å². The predicted molar refractivity (Wildman–Crippen MR) is 78.7 cm³/mol. The van der Waals surface area contributed by atoms with Gasteiger partial charge >= 0.3 is 0 Å². The van der Waals surface area contributed by atoms with Gasteiger partial charge in [-0.15, -0.1) is 0 Å². The van der Waals surface area contributed by atoms with Gasteiger partial charge in [-0.2, -0.15) is 5.10 Å². The molecule has 0 aliphatic heterocycles. The summed E-state index contributed by atoms with van der Waals surface area (Å²) in [6.45, 7) is 9.72. The quantitative estimate of drug-likeness (QED) is 0.764. The van der Waals surface area contributed by atoms with Gasteiger partial charge in [-0.25, -0.2) is 0 Å². The number of aryl methyl sites for hydroxylation is 2. The van der Waals surface area contributed by atoms with Gasteiger partial charge < -0.3 is 0 Å². The maximum Gasteiger partial charge on any atom is 0.0739 e. The average Bonchev–Trinajstić information content (AvgIpc) is 3.16. The normalized spacial score (nSPS) is 15.6. The van der Waals surface area contributed by atoms with Crippen molar-refractivity contribution in [2.45, 2.75) is 65.6 Å². The van der Waals surface area contributed by atoms with Gasteiger partial charge in [0.2, 0.25) is 0 Å². The minimum Gasteiger partial charge on any atom is -0.295 e. The lowest BCUT2D eigenvalue weighted by atomic mass is 10.2. The van der Waals surface area contributed by atoms with E-state index >= 15 is 0 Å². The fourth-order valence-electron chi connectivity index (χ4n) is 2.40. The molecule has 0 spiro atoms. The second-order valence-electron chi connectivity index (χ2n) is 5.22. The number of hydrogen-bond donors (Lipinski definition) is 0. The second kappa shape index (κ2) is 6.20. The average molecular weight is 314 g/mol. The first kappa shape index (κ1) is 14.1. The molecular weight excluding hydrogens is 290 g/mol. The molecule has 3 nitrogen and oxygen atoms in total. The standard InChI is InChI=1S/C14H24BrN3/c1-4-6-9-17(12-7-8-12)10-13-14(15)11(3)16-18(13)5-2/h12H,4-10H2,1-3H3. The Morgan fingerprint density at radius 2 is 2.11 bits per heavy atom. The van der Waals surface area contributed by atoms with E-state index in [1.54, 1.807) is 0 Å². The lowest BCUT2D eigenvalue weighted by Crippen LogP contribution is -2.28. The molecule has 1 fully saturated rings. The van der Waals surface area contributed by atoms with E-state index in [-0.39, 0.29) is 0 Å². The van der Waals surface area contributed by atoms with Crippen LogP contribution in [0.25, 0.3) is 0 Å². The van der Waals surface area contributed by atoms with E-state index in [0.29, 0.717) is 0 Å². The van der Waals surface area contributed by atoms with Crippen molar-refractivity contribution in [2.24, 2.45) is 0 Å². The Balaban J connectivity index is 2.10. The Kier molecular flexibility index (Phi) is 4.84. The summed E-state index contributed by atoms with van der Waals surface area (Å²) in [7, 11) is 0. The minimum absolute atomic E-state index is 0.823. The molecule has 0 unspecified atom stereocenters. The van der Waals surface area contributed by atoms with Crippen LogP contribution in [0.4, 0.5) is 0 Å². The van der Waals surface area contributed by atoms with Crippen molar-refractivity contribution in [3.8, 4) is 0 Å². The van der Waals surface area contributed by atoms with Gasteiger partial charge in [-0.05, 0) is 55.6 Å². The van der Waals surface area contributed by atoms with E-state index in [4.69, 9.17) is 0 Å². The minimum atomic E-state index is 0.823. The molecule has 0 N–H and O–H groups in total. The van der Waals surface area contributed by atoms with Crippen LogP contribution >= 0.6 is 15.9 Å². The van der Waals surface area contributed by atoms with Crippen LogP contribution in [-0.4, -0.2) is 27.3 Å². The van der Waals surface area contributed by atoms with Crippen molar-refractivity contribution in [3.63, 3.8) is 0 Å². The van der Waals surface area contributed by atoms with Gasteiger partial charge in [0.05, 0.1) is 15.9 Å². The molecule has 1 aromatic heterocycles. The molecule has 1 aromatic rings. The monoisotopic (exact) mass is 313 g/mol. The van der Waals surface area contributed by atoms with Crippen molar-refractivity contribution in [3.05, 3.63) is 15.9 Å². The number of hydrogen-bond acceptors (Lipinski definition) is 2. The van der Waals surface area contributed by atoms with E-state index < -0.39 is 0 Å². The van der Waals surface area contributed by atoms with E-state index in [9.17, 15) is 0 Å². The molecule has 1 saturated carbocycles. The first-order valence-corrected chi connectivity index (χ1v) is 7.92. The maximum absolute atomic E-state index is 4.58. The molecule has 4 heteroatoms.